The fourth-order valence-electron chi connectivity index (χ4n) is 2.77. The highest BCUT2D eigenvalue weighted by Crippen LogP contribution is 2.34. The normalized spacial score (nSPS) is 14.5. The molecule has 0 radical (unpaired) electrons. The molecule has 0 unspecified atom stereocenters. The lowest BCUT2D eigenvalue weighted by Crippen LogP contribution is -2.36. The molecule has 0 aliphatic carbocycles. The number of amides is 1. The molecule has 1 aliphatic heterocycles. The van der Waals surface area contributed by atoms with Crippen LogP contribution in [0.2, 0.25) is 0 Å². The third-order valence-electron chi connectivity index (χ3n) is 4.07. The highest BCUT2D eigenvalue weighted by Gasteiger charge is 2.18. The summed E-state index contributed by atoms with van der Waals surface area (Å²) in [5.74, 6) is 0.223. The van der Waals surface area contributed by atoms with Gasteiger partial charge in [0.05, 0.1) is 19.0 Å². The number of thiazole rings is 1. The molecule has 1 N–H and O–H groups in total. The molecule has 3 heterocycles. The lowest BCUT2D eigenvalue weighted by molar-refractivity contribution is -0.113. The highest BCUT2D eigenvalue weighted by molar-refractivity contribution is 8.00. The number of nitrogens with zero attached hydrogens (tertiary/aromatic N) is 4. The minimum Gasteiger partial charge on any atom is -0.378 e. The second-order valence-electron chi connectivity index (χ2n) is 6.13. The number of morpholine rings is 1. The Kier molecular flexibility index (Phi) is 5.51. The molecule has 1 fully saturated rings. The molecule has 0 saturated carbocycles. The Morgan fingerprint density at radius 3 is 3.00 bits per heavy atom. The van der Waals surface area contributed by atoms with Gasteiger partial charge in [-0.3, -0.25) is 4.79 Å². The number of carbonyl (C=O) groups is 1. The third-order valence-corrected chi connectivity index (χ3v) is 6.30. The number of hydrogen-bond donors (Lipinski definition) is 1. The molecule has 0 bridgehead atoms. The van der Waals surface area contributed by atoms with Crippen molar-refractivity contribution in [2.75, 3.05) is 42.3 Å². The van der Waals surface area contributed by atoms with E-state index in [1.165, 1.54) is 18.1 Å². The van der Waals surface area contributed by atoms with E-state index in [2.05, 4.69) is 25.2 Å². The van der Waals surface area contributed by atoms with E-state index in [1.807, 2.05) is 31.2 Å². The van der Waals surface area contributed by atoms with E-state index in [1.54, 1.807) is 11.3 Å². The van der Waals surface area contributed by atoms with Crippen LogP contribution < -0.4 is 10.2 Å². The number of nitrogens with one attached hydrogen (secondary N) is 1. The lowest BCUT2D eigenvalue weighted by atomic mass is 10.2. The number of rotatable bonds is 5. The summed E-state index contributed by atoms with van der Waals surface area (Å²) in [6.45, 7) is 5.08. The molecular weight excluding hydrogens is 382 g/mol. The van der Waals surface area contributed by atoms with Crippen molar-refractivity contribution in [2.45, 2.75) is 11.9 Å². The summed E-state index contributed by atoms with van der Waals surface area (Å²) in [7, 11) is 0. The van der Waals surface area contributed by atoms with Gasteiger partial charge in [0.25, 0.3) is 0 Å². The van der Waals surface area contributed by atoms with Crippen molar-refractivity contribution in [1.29, 1.82) is 0 Å². The zero-order valence-electron chi connectivity index (χ0n) is 14.8. The summed E-state index contributed by atoms with van der Waals surface area (Å²) in [4.78, 5) is 27.7. The maximum Gasteiger partial charge on any atom is 0.234 e. The lowest BCUT2D eigenvalue weighted by Gasteiger charge is -2.25. The number of hydrogen-bond acceptors (Lipinski definition) is 8. The van der Waals surface area contributed by atoms with Crippen molar-refractivity contribution >= 4 is 50.2 Å². The Bertz CT molecular complexity index is 956. The standard InChI is InChI=1S/C18H19N5O2S2/c1-12-3-2-4-13(9-12)21-14(24)10-26-17-15-16(19-11-20-17)22-18(27-15)23-5-7-25-8-6-23/h2-4,9,11H,5-8,10H2,1H3,(H,21,24). The van der Waals surface area contributed by atoms with Crippen molar-refractivity contribution in [3.8, 4) is 0 Å². The molecule has 0 spiro atoms. The number of ether oxygens (including phenoxy) is 1. The highest BCUT2D eigenvalue weighted by atomic mass is 32.2. The van der Waals surface area contributed by atoms with Crippen molar-refractivity contribution in [3.63, 3.8) is 0 Å². The minimum atomic E-state index is -0.0599. The first-order valence-corrected chi connectivity index (χ1v) is 10.4. The third kappa shape index (κ3) is 4.37. The van der Waals surface area contributed by atoms with Crippen molar-refractivity contribution in [3.05, 3.63) is 36.2 Å². The first-order chi connectivity index (χ1) is 13.2. The van der Waals surface area contributed by atoms with Gasteiger partial charge in [0, 0.05) is 18.8 Å². The predicted octanol–water partition coefficient (Wildman–Crippen LogP) is 2.96. The first kappa shape index (κ1) is 18.1. The van der Waals surface area contributed by atoms with Crippen LogP contribution in [0.25, 0.3) is 10.3 Å². The van der Waals surface area contributed by atoms with E-state index in [0.29, 0.717) is 18.9 Å². The van der Waals surface area contributed by atoms with Crippen LogP contribution in [0, 0.1) is 6.92 Å². The summed E-state index contributed by atoms with van der Waals surface area (Å²) in [5, 5.41) is 4.64. The number of aryl methyl sites for hydroxylation is 1. The molecule has 1 saturated heterocycles. The topological polar surface area (TPSA) is 80.2 Å². The summed E-state index contributed by atoms with van der Waals surface area (Å²) in [6.07, 6.45) is 1.51. The molecular formula is C18H19N5O2S2. The minimum absolute atomic E-state index is 0.0599. The fraction of sp³-hybridized carbons (Fsp3) is 0.333. The zero-order chi connectivity index (χ0) is 18.6. The van der Waals surface area contributed by atoms with Crippen LogP contribution in [0.5, 0.6) is 0 Å². The van der Waals surface area contributed by atoms with Gasteiger partial charge in [0.2, 0.25) is 5.91 Å². The van der Waals surface area contributed by atoms with Crippen LogP contribution in [0.3, 0.4) is 0 Å². The van der Waals surface area contributed by atoms with Gasteiger partial charge in [-0.1, -0.05) is 35.2 Å². The SMILES string of the molecule is Cc1cccc(NC(=O)CSc2ncnc3nc(N4CCOCC4)sc23)c1. The molecule has 1 amide bonds. The van der Waals surface area contributed by atoms with Crippen LogP contribution >= 0.6 is 23.1 Å². The molecule has 9 heteroatoms. The van der Waals surface area contributed by atoms with Crippen LogP contribution in [0.15, 0.2) is 35.6 Å². The van der Waals surface area contributed by atoms with E-state index < -0.39 is 0 Å². The van der Waals surface area contributed by atoms with Gasteiger partial charge in [-0.25, -0.2) is 9.97 Å². The molecule has 27 heavy (non-hydrogen) atoms. The number of benzene rings is 1. The second kappa shape index (κ2) is 8.20. The Balaban J connectivity index is 1.45. The Morgan fingerprint density at radius 1 is 1.33 bits per heavy atom. The van der Waals surface area contributed by atoms with E-state index in [4.69, 9.17) is 4.74 Å². The Labute approximate surface area is 165 Å². The van der Waals surface area contributed by atoms with Crippen molar-refractivity contribution < 1.29 is 9.53 Å². The van der Waals surface area contributed by atoms with Gasteiger partial charge in [-0.15, -0.1) is 0 Å². The van der Waals surface area contributed by atoms with Gasteiger partial charge in [0.1, 0.15) is 16.1 Å². The maximum atomic E-state index is 12.3. The van der Waals surface area contributed by atoms with Gasteiger partial charge in [-0.2, -0.15) is 4.98 Å². The molecule has 140 valence electrons. The second-order valence-corrected chi connectivity index (χ2v) is 8.08. The van der Waals surface area contributed by atoms with Crippen molar-refractivity contribution in [1.82, 2.24) is 15.0 Å². The summed E-state index contributed by atoms with van der Waals surface area (Å²) in [5.41, 5.74) is 2.59. The average molecular weight is 402 g/mol. The van der Waals surface area contributed by atoms with Crippen LogP contribution in [-0.2, 0) is 9.53 Å². The van der Waals surface area contributed by atoms with E-state index in [9.17, 15) is 4.79 Å². The molecule has 1 aliphatic rings. The number of aromatic nitrogens is 3. The Hall–Kier alpha value is -2.23. The van der Waals surface area contributed by atoms with E-state index in [-0.39, 0.29) is 11.7 Å². The maximum absolute atomic E-state index is 12.3. The average Bonchev–Trinajstić information content (AvgIpc) is 3.12. The van der Waals surface area contributed by atoms with E-state index in [0.717, 1.165) is 39.2 Å². The summed E-state index contributed by atoms with van der Waals surface area (Å²) >= 11 is 2.98. The smallest absolute Gasteiger partial charge is 0.234 e. The van der Waals surface area contributed by atoms with Crippen LogP contribution in [-0.4, -0.2) is 52.9 Å². The largest absolute Gasteiger partial charge is 0.378 e. The Morgan fingerprint density at radius 2 is 2.19 bits per heavy atom. The number of anilines is 2. The first-order valence-electron chi connectivity index (χ1n) is 8.62. The molecule has 2 aromatic heterocycles. The number of fused-ring (bicyclic) bond motifs is 1. The summed E-state index contributed by atoms with van der Waals surface area (Å²) in [6, 6.07) is 7.76. The van der Waals surface area contributed by atoms with Crippen molar-refractivity contribution in [2.24, 2.45) is 0 Å². The van der Waals surface area contributed by atoms with Gasteiger partial charge >= 0.3 is 0 Å². The predicted molar refractivity (Wildman–Crippen MR) is 109 cm³/mol. The molecule has 0 atom stereocenters. The monoisotopic (exact) mass is 401 g/mol. The van der Waals surface area contributed by atoms with Gasteiger partial charge in [-0.05, 0) is 24.6 Å². The zero-order valence-corrected chi connectivity index (χ0v) is 16.5. The van der Waals surface area contributed by atoms with Crippen LogP contribution in [0.4, 0.5) is 10.8 Å². The summed E-state index contributed by atoms with van der Waals surface area (Å²) < 4.78 is 6.32. The number of thioether (sulfide) groups is 1. The van der Waals surface area contributed by atoms with Gasteiger partial charge < -0.3 is 15.0 Å². The van der Waals surface area contributed by atoms with E-state index >= 15 is 0 Å². The van der Waals surface area contributed by atoms with Crippen LogP contribution in [0.1, 0.15) is 5.56 Å². The molecule has 1 aromatic carbocycles. The molecule has 4 rings (SSSR count). The number of carbonyl (C=O) groups excluding carboxylic acids is 1. The fourth-order valence-corrected chi connectivity index (χ4v) is 4.71. The molecule has 7 nitrogen and oxygen atoms in total. The molecule has 3 aromatic rings. The quantitative estimate of drug-likeness (QED) is 0.520. The van der Waals surface area contributed by atoms with Gasteiger partial charge in [0.15, 0.2) is 10.8 Å².